The monoisotopic (exact) mass is 268 g/mol. The highest BCUT2D eigenvalue weighted by Gasteiger charge is 2.15. The molecule has 3 heteroatoms. The molecule has 0 aliphatic heterocycles. The molecule has 0 fully saturated rings. The van der Waals surface area contributed by atoms with E-state index in [1.807, 2.05) is 11.3 Å². The molecule has 1 rings (SSSR count). The maximum absolute atomic E-state index is 5.95. The van der Waals surface area contributed by atoms with Crippen molar-refractivity contribution >= 4 is 11.3 Å². The first kappa shape index (κ1) is 15.7. The molecule has 0 aliphatic rings. The van der Waals surface area contributed by atoms with Crippen molar-refractivity contribution in [2.45, 2.75) is 58.5 Å². The molecule has 2 nitrogen and oxygen atoms in total. The summed E-state index contributed by atoms with van der Waals surface area (Å²) in [5.41, 5.74) is 5.95. The number of thiophene rings is 1. The number of likely N-dealkylation sites (N-methyl/N-ethyl adjacent to an activating group) is 1. The molecule has 0 bridgehead atoms. The first-order valence-electron chi connectivity index (χ1n) is 7.28. The second kappa shape index (κ2) is 9.54. The van der Waals surface area contributed by atoms with E-state index in [-0.39, 0.29) is 0 Å². The summed E-state index contributed by atoms with van der Waals surface area (Å²) in [7, 11) is 0. The quantitative estimate of drug-likeness (QED) is 0.653. The van der Waals surface area contributed by atoms with Crippen LogP contribution in [0.4, 0.5) is 0 Å². The average molecular weight is 268 g/mol. The Labute approximate surface area is 116 Å². The summed E-state index contributed by atoms with van der Waals surface area (Å²) in [6.45, 7) is 7.43. The van der Waals surface area contributed by atoms with Crippen LogP contribution in [-0.4, -0.2) is 24.0 Å². The van der Waals surface area contributed by atoms with Gasteiger partial charge in [-0.15, -0.1) is 11.3 Å². The van der Waals surface area contributed by atoms with E-state index in [2.05, 4.69) is 36.3 Å². The van der Waals surface area contributed by atoms with Crippen LogP contribution in [0.1, 0.15) is 50.8 Å². The molecule has 2 N–H and O–H groups in total. The van der Waals surface area contributed by atoms with Gasteiger partial charge in [0, 0.05) is 24.0 Å². The molecule has 0 amide bonds. The van der Waals surface area contributed by atoms with Crippen LogP contribution in [0.5, 0.6) is 0 Å². The highest BCUT2D eigenvalue weighted by Crippen LogP contribution is 2.16. The Morgan fingerprint density at radius 1 is 1.28 bits per heavy atom. The first-order valence-corrected chi connectivity index (χ1v) is 8.16. The van der Waals surface area contributed by atoms with E-state index in [0.29, 0.717) is 6.04 Å². The van der Waals surface area contributed by atoms with Gasteiger partial charge in [0.2, 0.25) is 0 Å². The Balaban J connectivity index is 2.39. The summed E-state index contributed by atoms with van der Waals surface area (Å²) in [5, 5.41) is 2.15. The molecule has 0 saturated heterocycles. The lowest BCUT2D eigenvalue weighted by Crippen LogP contribution is -2.39. The van der Waals surface area contributed by atoms with E-state index >= 15 is 0 Å². The van der Waals surface area contributed by atoms with E-state index in [0.717, 1.165) is 19.6 Å². The maximum atomic E-state index is 5.95. The first-order chi connectivity index (χ1) is 8.81. The molecule has 1 heterocycles. The van der Waals surface area contributed by atoms with Crippen molar-refractivity contribution in [1.29, 1.82) is 0 Å². The minimum atomic E-state index is 0.550. The van der Waals surface area contributed by atoms with Gasteiger partial charge in [-0.3, -0.25) is 4.90 Å². The van der Waals surface area contributed by atoms with Gasteiger partial charge in [0.05, 0.1) is 0 Å². The second-order valence-corrected chi connectivity index (χ2v) is 5.91. The fraction of sp³-hybridized carbons (Fsp3) is 0.733. The number of hydrogen-bond acceptors (Lipinski definition) is 3. The zero-order valence-corrected chi connectivity index (χ0v) is 12.7. The van der Waals surface area contributed by atoms with Crippen LogP contribution >= 0.6 is 11.3 Å². The lowest BCUT2D eigenvalue weighted by atomic mass is 10.1. The van der Waals surface area contributed by atoms with Crippen molar-refractivity contribution < 1.29 is 0 Å². The zero-order valence-electron chi connectivity index (χ0n) is 11.9. The second-order valence-electron chi connectivity index (χ2n) is 4.88. The largest absolute Gasteiger partial charge is 0.329 e. The third-order valence-electron chi connectivity index (χ3n) is 3.52. The molecule has 0 spiro atoms. The van der Waals surface area contributed by atoms with Crippen LogP contribution in [-0.2, 0) is 6.54 Å². The normalized spacial score (nSPS) is 13.1. The van der Waals surface area contributed by atoms with Gasteiger partial charge in [-0.1, -0.05) is 45.6 Å². The molecule has 0 aliphatic carbocycles. The number of hydrogen-bond donors (Lipinski definition) is 1. The SMILES string of the molecule is CCCCCCC(CN)N(CC)Cc1cccs1. The molecule has 0 saturated carbocycles. The summed E-state index contributed by atoms with van der Waals surface area (Å²) in [6, 6.07) is 4.90. The lowest BCUT2D eigenvalue weighted by Gasteiger charge is -2.29. The van der Waals surface area contributed by atoms with Gasteiger partial charge in [-0.25, -0.2) is 0 Å². The maximum Gasteiger partial charge on any atom is 0.0331 e. The Morgan fingerprint density at radius 2 is 2.11 bits per heavy atom. The van der Waals surface area contributed by atoms with Gasteiger partial charge in [-0.05, 0) is 24.4 Å². The Hall–Kier alpha value is -0.380. The molecule has 1 aromatic rings. The number of unbranched alkanes of at least 4 members (excludes halogenated alkanes) is 3. The molecule has 0 aromatic carbocycles. The van der Waals surface area contributed by atoms with E-state index in [1.54, 1.807) is 0 Å². The molecule has 104 valence electrons. The van der Waals surface area contributed by atoms with Crippen LogP contribution in [0.25, 0.3) is 0 Å². The number of nitrogens with zero attached hydrogens (tertiary/aromatic N) is 1. The van der Waals surface area contributed by atoms with Gasteiger partial charge in [-0.2, -0.15) is 0 Å². The summed E-state index contributed by atoms with van der Waals surface area (Å²) >= 11 is 1.84. The highest BCUT2D eigenvalue weighted by atomic mass is 32.1. The lowest BCUT2D eigenvalue weighted by molar-refractivity contribution is 0.190. The topological polar surface area (TPSA) is 29.3 Å². The van der Waals surface area contributed by atoms with Gasteiger partial charge in [0.25, 0.3) is 0 Å². The Morgan fingerprint density at radius 3 is 2.67 bits per heavy atom. The fourth-order valence-electron chi connectivity index (χ4n) is 2.36. The Kier molecular flexibility index (Phi) is 8.31. The van der Waals surface area contributed by atoms with Crippen LogP contribution in [0, 0.1) is 0 Å². The molecule has 1 atom stereocenters. The average Bonchev–Trinajstić information content (AvgIpc) is 2.90. The van der Waals surface area contributed by atoms with Crippen molar-refractivity contribution in [2.24, 2.45) is 5.73 Å². The molecule has 1 aromatic heterocycles. The van der Waals surface area contributed by atoms with E-state index in [4.69, 9.17) is 5.73 Å². The minimum absolute atomic E-state index is 0.550. The van der Waals surface area contributed by atoms with E-state index in [1.165, 1.54) is 37.0 Å². The van der Waals surface area contributed by atoms with E-state index in [9.17, 15) is 0 Å². The molecule has 18 heavy (non-hydrogen) atoms. The minimum Gasteiger partial charge on any atom is -0.329 e. The Bertz CT molecular complexity index is 285. The van der Waals surface area contributed by atoms with Gasteiger partial charge in [0.15, 0.2) is 0 Å². The third-order valence-corrected chi connectivity index (χ3v) is 4.39. The van der Waals surface area contributed by atoms with Crippen molar-refractivity contribution in [3.63, 3.8) is 0 Å². The highest BCUT2D eigenvalue weighted by molar-refractivity contribution is 7.09. The molecule has 0 radical (unpaired) electrons. The van der Waals surface area contributed by atoms with Crippen LogP contribution < -0.4 is 5.73 Å². The van der Waals surface area contributed by atoms with Crippen molar-refractivity contribution in [3.8, 4) is 0 Å². The fourth-order valence-corrected chi connectivity index (χ4v) is 3.09. The predicted octanol–water partition coefficient (Wildman–Crippen LogP) is 3.87. The molecular weight excluding hydrogens is 240 g/mol. The van der Waals surface area contributed by atoms with Crippen LogP contribution in [0.15, 0.2) is 17.5 Å². The van der Waals surface area contributed by atoms with Crippen molar-refractivity contribution in [2.75, 3.05) is 13.1 Å². The summed E-state index contributed by atoms with van der Waals surface area (Å²) in [4.78, 5) is 3.97. The van der Waals surface area contributed by atoms with Crippen molar-refractivity contribution in [1.82, 2.24) is 4.90 Å². The zero-order chi connectivity index (χ0) is 13.2. The molecular formula is C15H28N2S. The van der Waals surface area contributed by atoms with Gasteiger partial charge in [0.1, 0.15) is 0 Å². The van der Waals surface area contributed by atoms with Gasteiger partial charge < -0.3 is 5.73 Å². The third kappa shape index (κ3) is 5.51. The number of nitrogens with two attached hydrogens (primary N) is 1. The van der Waals surface area contributed by atoms with E-state index < -0.39 is 0 Å². The number of rotatable bonds is 10. The van der Waals surface area contributed by atoms with Gasteiger partial charge >= 0.3 is 0 Å². The predicted molar refractivity (Wildman–Crippen MR) is 82.0 cm³/mol. The summed E-state index contributed by atoms with van der Waals surface area (Å²) in [6.07, 6.45) is 6.57. The van der Waals surface area contributed by atoms with Crippen LogP contribution in [0.3, 0.4) is 0 Å². The summed E-state index contributed by atoms with van der Waals surface area (Å²) in [5.74, 6) is 0. The van der Waals surface area contributed by atoms with Crippen LogP contribution in [0.2, 0.25) is 0 Å². The standard InChI is InChI=1S/C15H28N2S/c1-3-5-6-7-9-14(12-16)17(4-2)13-15-10-8-11-18-15/h8,10-11,14H,3-7,9,12-13,16H2,1-2H3. The molecule has 1 unspecified atom stereocenters. The summed E-state index contributed by atoms with van der Waals surface area (Å²) < 4.78 is 0. The van der Waals surface area contributed by atoms with Crippen molar-refractivity contribution in [3.05, 3.63) is 22.4 Å². The smallest absolute Gasteiger partial charge is 0.0331 e.